The lowest BCUT2D eigenvalue weighted by atomic mass is 9.96. The predicted molar refractivity (Wildman–Crippen MR) is 90.8 cm³/mol. The summed E-state index contributed by atoms with van der Waals surface area (Å²) < 4.78 is 10.0. The Morgan fingerprint density at radius 1 is 1.21 bits per heavy atom. The van der Waals surface area contributed by atoms with E-state index >= 15 is 0 Å². The maximum atomic E-state index is 12.0. The van der Waals surface area contributed by atoms with E-state index in [1.165, 1.54) is 7.11 Å². The fraction of sp³-hybridized carbons (Fsp3) is 0.556. The number of benzene rings is 1. The molecule has 1 aromatic rings. The smallest absolute Gasteiger partial charge is 0.407 e. The summed E-state index contributed by atoms with van der Waals surface area (Å²) in [6.07, 6.45) is 0.413. The molecule has 0 bridgehead atoms. The Labute approximate surface area is 143 Å². The van der Waals surface area contributed by atoms with Crippen molar-refractivity contribution in [3.05, 3.63) is 29.8 Å². The molecular weight excluding hydrogens is 310 g/mol. The van der Waals surface area contributed by atoms with E-state index in [1.807, 2.05) is 0 Å². The van der Waals surface area contributed by atoms with Crippen molar-refractivity contribution in [3.63, 3.8) is 0 Å². The molecule has 1 aromatic carbocycles. The van der Waals surface area contributed by atoms with E-state index in [9.17, 15) is 14.7 Å². The van der Waals surface area contributed by atoms with Crippen LogP contribution in [0.3, 0.4) is 0 Å². The van der Waals surface area contributed by atoms with Crippen LogP contribution in [0.5, 0.6) is 5.75 Å². The maximum absolute atomic E-state index is 12.0. The summed E-state index contributed by atoms with van der Waals surface area (Å²) in [5.74, 6) is -0.498. The number of carbonyl (C=O) groups excluding carboxylic acids is 2. The van der Waals surface area contributed by atoms with Crippen molar-refractivity contribution in [2.75, 3.05) is 7.11 Å². The molecule has 0 aromatic heterocycles. The summed E-state index contributed by atoms with van der Waals surface area (Å²) in [6, 6.07) is 6.44. The lowest BCUT2D eigenvalue weighted by molar-refractivity contribution is -0.145. The van der Waals surface area contributed by atoms with Crippen molar-refractivity contribution in [1.29, 1.82) is 0 Å². The van der Waals surface area contributed by atoms with Gasteiger partial charge in [-0.3, -0.25) is 4.79 Å². The molecule has 0 saturated carbocycles. The summed E-state index contributed by atoms with van der Waals surface area (Å²) >= 11 is 0. The van der Waals surface area contributed by atoms with Crippen molar-refractivity contribution in [2.24, 2.45) is 5.92 Å². The molecule has 2 N–H and O–H groups in total. The van der Waals surface area contributed by atoms with E-state index in [0.29, 0.717) is 12.8 Å². The molecule has 0 fully saturated rings. The fourth-order valence-corrected chi connectivity index (χ4v) is 2.31. The van der Waals surface area contributed by atoms with Crippen molar-refractivity contribution in [1.82, 2.24) is 5.32 Å². The topological polar surface area (TPSA) is 84.9 Å². The molecular formula is C18H27NO5. The minimum Gasteiger partial charge on any atom is -0.508 e. The number of phenols is 1. The molecule has 1 rings (SSSR count). The van der Waals surface area contributed by atoms with Crippen LogP contribution in [0.2, 0.25) is 0 Å². The van der Waals surface area contributed by atoms with Gasteiger partial charge < -0.3 is 19.9 Å². The molecule has 0 spiro atoms. The minimum atomic E-state index is -0.596. The number of alkyl carbamates (subject to hydrolysis) is 1. The average molecular weight is 337 g/mol. The van der Waals surface area contributed by atoms with Gasteiger partial charge in [0.25, 0.3) is 0 Å². The summed E-state index contributed by atoms with van der Waals surface area (Å²) in [6.45, 7) is 7.13. The number of phenolic OH excluding ortho intramolecular Hbond substituents is 1. The van der Waals surface area contributed by atoms with Gasteiger partial charge in [-0.25, -0.2) is 4.79 Å². The van der Waals surface area contributed by atoms with Crippen LogP contribution in [0.15, 0.2) is 24.3 Å². The highest BCUT2D eigenvalue weighted by molar-refractivity contribution is 5.72. The Balaban J connectivity index is 2.79. The quantitative estimate of drug-likeness (QED) is 0.780. The predicted octanol–water partition coefficient (Wildman–Crippen LogP) is 3.03. The van der Waals surface area contributed by atoms with Crippen LogP contribution in [0.4, 0.5) is 4.79 Å². The number of methoxy groups -OCH3 is 1. The summed E-state index contributed by atoms with van der Waals surface area (Å²) in [5.41, 5.74) is 0.340. The SMILES string of the molecule is COC(=O)C(C)C[C@H](Cc1ccc(O)cc1)NC(=O)OC(C)(C)C. The Hall–Kier alpha value is -2.24. The standard InChI is InChI=1S/C18H27NO5/c1-12(16(21)23-5)10-14(19-17(22)24-18(2,3)4)11-13-6-8-15(20)9-7-13/h6-9,12,14,20H,10-11H2,1-5H3,(H,19,22)/t12?,14-/m1/s1. The highest BCUT2D eigenvalue weighted by atomic mass is 16.6. The van der Waals surface area contributed by atoms with Gasteiger partial charge in [0, 0.05) is 6.04 Å². The molecule has 6 nitrogen and oxygen atoms in total. The fourth-order valence-electron chi connectivity index (χ4n) is 2.31. The van der Waals surface area contributed by atoms with Crippen molar-refractivity contribution >= 4 is 12.1 Å². The van der Waals surface area contributed by atoms with Crippen LogP contribution in [0, 0.1) is 5.92 Å². The van der Waals surface area contributed by atoms with Crippen molar-refractivity contribution in [2.45, 2.75) is 52.2 Å². The van der Waals surface area contributed by atoms with Crippen LogP contribution >= 0.6 is 0 Å². The normalized spacial score (nSPS) is 13.7. The van der Waals surface area contributed by atoms with E-state index in [1.54, 1.807) is 52.0 Å². The lowest BCUT2D eigenvalue weighted by Crippen LogP contribution is -2.41. The number of amides is 1. The number of hydrogen-bond donors (Lipinski definition) is 2. The van der Waals surface area contributed by atoms with E-state index < -0.39 is 11.7 Å². The molecule has 0 saturated heterocycles. The van der Waals surface area contributed by atoms with Gasteiger partial charge in [0.15, 0.2) is 0 Å². The average Bonchev–Trinajstić information content (AvgIpc) is 2.46. The Kier molecular flexibility index (Phi) is 7.07. The molecule has 0 radical (unpaired) electrons. The second kappa shape index (κ2) is 8.57. The van der Waals surface area contributed by atoms with Crippen LogP contribution in [-0.2, 0) is 20.7 Å². The highest BCUT2D eigenvalue weighted by Gasteiger charge is 2.24. The molecule has 1 unspecified atom stereocenters. The minimum absolute atomic E-state index is 0.179. The number of aromatic hydroxyl groups is 1. The third-order valence-electron chi connectivity index (χ3n) is 3.38. The molecule has 0 aliphatic heterocycles. The number of carbonyl (C=O) groups is 2. The van der Waals surface area contributed by atoms with Crippen LogP contribution < -0.4 is 5.32 Å². The monoisotopic (exact) mass is 337 g/mol. The second-order valence-corrected chi connectivity index (χ2v) is 6.87. The van der Waals surface area contributed by atoms with E-state index in [-0.39, 0.29) is 23.7 Å². The number of ether oxygens (including phenoxy) is 2. The largest absolute Gasteiger partial charge is 0.508 e. The zero-order valence-electron chi connectivity index (χ0n) is 15.0. The zero-order chi connectivity index (χ0) is 18.3. The van der Waals surface area contributed by atoms with Gasteiger partial charge in [-0.1, -0.05) is 19.1 Å². The van der Waals surface area contributed by atoms with E-state index in [0.717, 1.165) is 5.56 Å². The molecule has 1 amide bonds. The molecule has 0 aliphatic rings. The van der Waals surface area contributed by atoms with E-state index in [2.05, 4.69) is 5.32 Å². The molecule has 0 aliphatic carbocycles. The van der Waals surface area contributed by atoms with Gasteiger partial charge in [0.2, 0.25) is 0 Å². The summed E-state index contributed by atoms with van der Waals surface area (Å²) in [7, 11) is 1.34. The Bertz CT molecular complexity index is 548. The third kappa shape index (κ3) is 7.35. The number of nitrogens with one attached hydrogen (secondary N) is 1. The number of esters is 1. The van der Waals surface area contributed by atoms with Gasteiger partial charge in [-0.15, -0.1) is 0 Å². The first-order chi connectivity index (χ1) is 11.1. The summed E-state index contributed by atoms with van der Waals surface area (Å²) in [5, 5.41) is 12.2. The molecule has 134 valence electrons. The van der Waals surface area contributed by atoms with Crippen LogP contribution in [-0.4, -0.2) is 35.9 Å². The number of rotatable bonds is 6. The first-order valence-corrected chi connectivity index (χ1v) is 7.96. The molecule has 0 heterocycles. The summed E-state index contributed by atoms with van der Waals surface area (Å²) in [4.78, 5) is 23.7. The Morgan fingerprint density at radius 3 is 2.29 bits per heavy atom. The highest BCUT2D eigenvalue weighted by Crippen LogP contribution is 2.16. The molecule has 2 atom stereocenters. The van der Waals surface area contributed by atoms with Gasteiger partial charge >= 0.3 is 12.1 Å². The third-order valence-corrected chi connectivity index (χ3v) is 3.38. The first kappa shape index (κ1) is 19.8. The van der Waals surface area contributed by atoms with E-state index in [4.69, 9.17) is 9.47 Å². The second-order valence-electron chi connectivity index (χ2n) is 6.87. The zero-order valence-corrected chi connectivity index (χ0v) is 15.0. The molecule has 6 heteroatoms. The van der Waals surface area contributed by atoms with Crippen molar-refractivity contribution in [3.8, 4) is 5.75 Å². The van der Waals surface area contributed by atoms with Gasteiger partial charge in [0.05, 0.1) is 13.0 Å². The maximum Gasteiger partial charge on any atom is 0.407 e. The van der Waals surface area contributed by atoms with Crippen LogP contribution in [0.1, 0.15) is 39.7 Å². The van der Waals surface area contributed by atoms with Gasteiger partial charge in [-0.05, 0) is 51.3 Å². The number of hydrogen-bond acceptors (Lipinski definition) is 5. The van der Waals surface area contributed by atoms with Gasteiger partial charge in [0.1, 0.15) is 11.4 Å². The Morgan fingerprint density at radius 2 is 1.79 bits per heavy atom. The van der Waals surface area contributed by atoms with Crippen molar-refractivity contribution < 1.29 is 24.2 Å². The lowest BCUT2D eigenvalue weighted by Gasteiger charge is -2.25. The van der Waals surface area contributed by atoms with Crippen LogP contribution in [0.25, 0.3) is 0 Å². The van der Waals surface area contributed by atoms with Gasteiger partial charge in [-0.2, -0.15) is 0 Å². The first-order valence-electron chi connectivity index (χ1n) is 7.96. The molecule has 24 heavy (non-hydrogen) atoms.